The standard InChI is InChI=1S/C16H25N3O2/c1-11-9-14(7-8-19(11)3)18-13-5-6-15(17-12(2)20)16(10-13)21-4/h5-6,10-11,14,18H,7-9H2,1-4H3,(H,17,20). The number of piperidine rings is 1. The molecule has 0 spiro atoms. The third-order valence-corrected chi connectivity index (χ3v) is 4.09. The van der Waals surface area contributed by atoms with Gasteiger partial charge < -0.3 is 20.3 Å². The van der Waals surface area contributed by atoms with Gasteiger partial charge in [0.15, 0.2) is 0 Å². The van der Waals surface area contributed by atoms with Crippen molar-refractivity contribution in [1.82, 2.24) is 4.90 Å². The summed E-state index contributed by atoms with van der Waals surface area (Å²) in [6.07, 6.45) is 2.27. The van der Waals surface area contributed by atoms with E-state index in [2.05, 4.69) is 29.5 Å². The van der Waals surface area contributed by atoms with Crippen LogP contribution in [0, 0.1) is 0 Å². The molecule has 5 nitrogen and oxygen atoms in total. The van der Waals surface area contributed by atoms with E-state index in [9.17, 15) is 4.79 Å². The molecule has 0 bridgehead atoms. The van der Waals surface area contributed by atoms with E-state index in [0.29, 0.717) is 23.5 Å². The Bertz CT molecular complexity index is 504. The number of methoxy groups -OCH3 is 1. The Kier molecular flexibility index (Phi) is 5.07. The Morgan fingerprint density at radius 3 is 2.81 bits per heavy atom. The van der Waals surface area contributed by atoms with E-state index < -0.39 is 0 Å². The predicted molar refractivity (Wildman–Crippen MR) is 86.0 cm³/mol. The van der Waals surface area contributed by atoms with Crippen molar-refractivity contribution in [1.29, 1.82) is 0 Å². The summed E-state index contributed by atoms with van der Waals surface area (Å²) in [7, 11) is 3.79. The predicted octanol–water partition coefficient (Wildman–Crippen LogP) is 2.55. The van der Waals surface area contributed by atoms with E-state index in [1.165, 1.54) is 6.92 Å². The van der Waals surface area contributed by atoms with Crippen molar-refractivity contribution < 1.29 is 9.53 Å². The third kappa shape index (κ3) is 4.11. The van der Waals surface area contributed by atoms with Crippen molar-refractivity contribution in [2.75, 3.05) is 31.3 Å². The fourth-order valence-electron chi connectivity index (χ4n) is 2.73. The summed E-state index contributed by atoms with van der Waals surface area (Å²) in [5.41, 5.74) is 1.73. The highest BCUT2D eigenvalue weighted by Crippen LogP contribution is 2.29. The second-order valence-corrected chi connectivity index (χ2v) is 5.79. The van der Waals surface area contributed by atoms with Gasteiger partial charge in [0.05, 0.1) is 12.8 Å². The van der Waals surface area contributed by atoms with Crippen molar-refractivity contribution in [2.45, 2.75) is 38.8 Å². The number of rotatable bonds is 4. The Morgan fingerprint density at radius 1 is 1.43 bits per heavy atom. The highest BCUT2D eigenvalue weighted by Gasteiger charge is 2.22. The van der Waals surface area contributed by atoms with Gasteiger partial charge in [0.25, 0.3) is 0 Å². The Morgan fingerprint density at radius 2 is 2.19 bits per heavy atom. The second kappa shape index (κ2) is 6.80. The molecule has 5 heteroatoms. The molecular weight excluding hydrogens is 266 g/mol. The zero-order valence-corrected chi connectivity index (χ0v) is 13.3. The monoisotopic (exact) mass is 291 g/mol. The maximum atomic E-state index is 11.2. The lowest BCUT2D eigenvalue weighted by molar-refractivity contribution is -0.114. The normalized spacial score (nSPS) is 22.7. The van der Waals surface area contributed by atoms with Crippen LogP contribution in [0.15, 0.2) is 18.2 Å². The minimum Gasteiger partial charge on any atom is -0.494 e. The van der Waals surface area contributed by atoms with Gasteiger partial charge >= 0.3 is 0 Å². The summed E-state index contributed by atoms with van der Waals surface area (Å²) in [5, 5.41) is 6.34. The quantitative estimate of drug-likeness (QED) is 0.895. The van der Waals surface area contributed by atoms with Crippen LogP contribution in [0.25, 0.3) is 0 Å². The highest BCUT2D eigenvalue weighted by atomic mass is 16.5. The van der Waals surface area contributed by atoms with Gasteiger partial charge in [-0.2, -0.15) is 0 Å². The van der Waals surface area contributed by atoms with Crippen LogP contribution in [0.4, 0.5) is 11.4 Å². The summed E-state index contributed by atoms with van der Waals surface area (Å²) < 4.78 is 5.35. The molecule has 116 valence electrons. The first kappa shape index (κ1) is 15.6. The molecule has 1 aromatic rings. The molecule has 0 aliphatic carbocycles. The maximum Gasteiger partial charge on any atom is 0.221 e. The number of nitrogens with zero attached hydrogens (tertiary/aromatic N) is 1. The van der Waals surface area contributed by atoms with Gasteiger partial charge in [-0.3, -0.25) is 4.79 Å². The van der Waals surface area contributed by atoms with Crippen LogP contribution in [0.1, 0.15) is 26.7 Å². The molecule has 0 saturated carbocycles. The average molecular weight is 291 g/mol. The zero-order chi connectivity index (χ0) is 15.4. The van der Waals surface area contributed by atoms with Gasteiger partial charge in [-0.15, -0.1) is 0 Å². The molecule has 1 saturated heterocycles. The van der Waals surface area contributed by atoms with Gasteiger partial charge in [0, 0.05) is 37.3 Å². The molecular formula is C16H25N3O2. The minimum atomic E-state index is -0.0989. The van der Waals surface area contributed by atoms with E-state index in [1.807, 2.05) is 18.2 Å². The fraction of sp³-hybridized carbons (Fsp3) is 0.562. The summed E-state index contributed by atoms with van der Waals surface area (Å²) in [6.45, 7) is 4.86. The summed E-state index contributed by atoms with van der Waals surface area (Å²) >= 11 is 0. The summed E-state index contributed by atoms with van der Waals surface area (Å²) in [6, 6.07) is 6.87. The molecule has 0 aromatic heterocycles. The number of likely N-dealkylation sites (tertiary alicyclic amines) is 1. The molecule has 21 heavy (non-hydrogen) atoms. The largest absolute Gasteiger partial charge is 0.494 e. The number of carbonyl (C=O) groups is 1. The average Bonchev–Trinajstić information content (AvgIpc) is 2.44. The van der Waals surface area contributed by atoms with Crippen LogP contribution in [-0.4, -0.2) is 43.6 Å². The number of carbonyl (C=O) groups excluding carboxylic acids is 1. The van der Waals surface area contributed by atoms with Crippen molar-refractivity contribution >= 4 is 17.3 Å². The Hall–Kier alpha value is -1.75. The first-order chi connectivity index (χ1) is 9.99. The number of anilines is 2. The van der Waals surface area contributed by atoms with Crippen molar-refractivity contribution in [3.05, 3.63) is 18.2 Å². The van der Waals surface area contributed by atoms with E-state index in [4.69, 9.17) is 4.74 Å². The van der Waals surface area contributed by atoms with Crippen molar-refractivity contribution in [3.8, 4) is 5.75 Å². The van der Waals surface area contributed by atoms with Crippen LogP contribution in [0.3, 0.4) is 0 Å². The lowest BCUT2D eigenvalue weighted by Crippen LogP contribution is -2.42. The molecule has 1 aliphatic rings. The molecule has 1 amide bonds. The fourth-order valence-corrected chi connectivity index (χ4v) is 2.73. The van der Waals surface area contributed by atoms with Gasteiger partial charge in [-0.05, 0) is 38.9 Å². The van der Waals surface area contributed by atoms with E-state index in [1.54, 1.807) is 7.11 Å². The number of amides is 1. The molecule has 2 atom stereocenters. The van der Waals surface area contributed by atoms with Crippen LogP contribution >= 0.6 is 0 Å². The Balaban J connectivity index is 2.05. The van der Waals surface area contributed by atoms with E-state index in [-0.39, 0.29) is 5.91 Å². The van der Waals surface area contributed by atoms with Crippen LogP contribution in [0.2, 0.25) is 0 Å². The minimum absolute atomic E-state index is 0.0989. The third-order valence-electron chi connectivity index (χ3n) is 4.09. The lowest BCUT2D eigenvalue weighted by atomic mass is 9.98. The first-order valence-corrected chi connectivity index (χ1v) is 7.42. The van der Waals surface area contributed by atoms with Crippen LogP contribution < -0.4 is 15.4 Å². The smallest absolute Gasteiger partial charge is 0.221 e. The number of nitrogens with one attached hydrogen (secondary N) is 2. The van der Waals surface area contributed by atoms with Crippen molar-refractivity contribution in [3.63, 3.8) is 0 Å². The topological polar surface area (TPSA) is 53.6 Å². The van der Waals surface area contributed by atoms with Crippen LogP contribution in [0.5, 0.6) is 5.75 Å². The summed E-state index contributed by atoms with van der Waals surface area (Å²) in [5.74, 6) is 0.578. The first-order valence-electron chi connectivity index (χ1n) is 7.42. The second-order valence-electron chi connectivity index (χ2n) is 5.79. The molecule has 1 aliphatic heterocycles. The van der Waals surface area contributed by atoms with Crippen LogP contribution in [-0.2, 0) is 4.79 Å². The zero-order valence-electron chi connectivity index (χ0n) is 13.3. The number of hydrogen-bond donors (Lipinski definition) is 2. The summed E-state index contributed by atoms with van der Waals surface area (Å²) in [4.78, 5) is 13.6. The van der Waals surface area contributed by atoms with Gasteiger partial charge in [0.2, 0.25) is 5.91 Å². The number of ether oxygens (including phenoxy) is 1. The van der Waals surface area contributed by atoms with Crippen molar-refractivity contribution in [2.24, 2.45) is 0 Å². The lowest BCUT2D eigenvalue weighted by Gasteiger charge is -2.35. The van der Waals surface area contributed by atoms with Gasteiger partial charge in [0.1, 0.15) is 5.75 Å². The van der Waals surface area contributed by atoms with E-state index >= 15 is 0 Å². The SMILES string of the molecule is COc1cc(NC2CCN(C)C(C)C2)ccc1NC(C)=O. The van der Waals surface area contributed by atoms with E-state index in [0.717, 1.165) is 25.1 Å². The molecule has 0 radical (unpaired) electrons. The molecule has 1 aromatic carbocycles. The molecule has 2 unspecified atom stereocenters. The maximum absolute atomic E-state index is 11.2. The Labute approximate surface area is 126 Å². The molecule has 2 N–H and O–H groups in total. The molecule has 1 heterocycles. The number of benzene rings is 1. The van der Waals surface area contributed by atoms with Gasteiger partial charge in [-0.25, -0.2) is 0 Å². The molecule has 2 rings (SSSR count). The highest BCUT2D eigenvalue weighted by molar-refractivity contribution is 5.90. The molecule has 1 fully saturated rings. The number of hydrogen-bond acceptors (Lipinski definition) is 4. The van der Waals surface area contributed by atoms with Gasteiger partial charge in [-0.1, -0.05) is 0 Å².